The van der Waals surface area contributed by atoms with Crippen LogP contribution in [0.15, 0.2) is 5.11 Å². The Morgan fingerprint density at radius 1 is 1.29 bits per heavy atom. The number of nitrogens with zero attached hydrogens (tertiary/aromatic N) is 3. The topological polar surface area (TPSA) is 85.7 Å². The van der Waals surface area contributed by atoms with E-state index in [0.717, 1.165) is 0 Å². The van der Waals surface area contributed by atoms with Crippen molar-refractivity contribution in [2.75, 3.05) is 7.11 Å². The fourth-order valence-electron chi connectivity index (χ4n) is 2.34. The van der Waals surface area contributed by atoms with E-state index in [0.29, 0.717) is 0 Å². The molecule has 2 aliphatic rings. The minimum Gasteiger partial charge on any atom is -0.353 e. The van der Waals surface area contributed by atoms with E-state index in [1.165, 1.54) is 0 Å². The average Bonchev–Trinajstić information content (AvgIpc) is 2.57. The average molecular weight is 243 g/mol. The molecule has 2 fully saturated rings. The molecule has 0 saturated carbocycles. The molecule has 0 aliphatic carbocycles. The predicted molar refractivity (Wildman–Crippen MR) is 58.1 cm³/mol. The number of hydrogen-bond acceptors (Lipinski definition) is 5. The Hall–Kier alpha value is -0.850. The van der Waals surface area contributed by atoms with Gasteiger partial charge in [-0.1, -0.05) is 5.11 Å². The highest BCUT2D eigenvalue weighted by atomic mass is 16.8. The molecule has 0 aromatic rings. The van der Waals surface area contributed by atoms with Crippen LogP contribution in [-0.2, 0) is 18.9 Å². The van der Waals surface area contributed by atoms with Crippen molar-refractivity contribution in [3.05, 3.63) is 10.4 Å². The molecule has 5 atom stereocenters. The van der Waals surface area contributed by atoms with E-state index in [9.17, 15) is 0 Å². The summed E-state index contributed by atoms with van der Waals surface area (Å²) in [5, 5.41) is 3.74. The van der Waals surface area contributed by atoms with E-state index in [1.807, 2.05) is 20.8 Å². The molecule has 0 aromatic carbocycles. The van der Waals surface area contributed by atoms with Gasteiger partial charge >= 0.3 is 0 Å². The van der Waals surface area contributed by atoms with Crippen LogP contribution in [0, 0.1) is 0 Å². The van der Waals surface area contributed by atoms with Crippen LogP contribution in [0.3, 0.4) is 0 Å². The highest BCUT2D eigenvalue weighted by Crippen LogP contribution is 2.38. The summed E-state index contributed by atoms with van der Waals surface area (Å²) in [7, 11) is 1.55. The summed E-state index contributed by atoms with van der Waals surface area (Å²) in [5.74, 6) is -0.719. The van der Waals surface area contributed by atoms with Gasteiger partial charge in [0, 0.05) is 12.0 Å². The molecule has 7 nitrogen and oxygen atoms in total. The van der Waals surface area contributed by atoms with Crippen molar-refractivity contribution in [1.29, 1.82) is 0 Å². The molecule has 2 heterocycles. The number of methoxy groups -OCH3 is 1. The molecular formula is C10H17N3O4. The van der Waals surface area contributed by atoms with Crippen LogP contribution < -0.4 is 0 Å². The first-order valence-electron chi connectivity index (χ1n) is 5.56. The van der Waals surface area contributed by atoms with E-state index >= 15 is 0 Å². The highest BCUT2D eigenvalue weighted by molar-refractivity contribution is 4.98. The van der Waals surface area contributed by atoms with Crippen molar-refractivity contribution >= 4 is 0 Å². The molecule has 0 bridgehead atoms. The van der Waals surface area contributed by atoms with Crippen molar-refractivity contribution in [2.24, 2.45) is 5.11 Å². The molecule has 0 unspecified atom stereocenters. The number of ether oxygens (including phenoxy) is 4. The summed E-state index contributed by atoms with van der Waals surface area (Å²) in [4.78, 5) is 2.84. The summed E-state index contributed by atoms with van der Waals surface area (Å²) >= 11 is 0. The zero-order chi connectivity index (χ0) is 12.6. The van der Waals surface area contributed by atoms with E-state index in [4.69, 9.17) is 24.5 Å². The fraction of sp³-hybridized carbons (Fsp3) is 1.00. The summed E-state index contributed by atoms with van der Waals surface area (Å²) < 4.78 is 22.3. The molecule has 2 aliphatic heterocycles. The van der Waals surface area contributed by atoms with Gasteiger partial charge in [-0.05, 0) is 26.3 Å². The second-order valence-electron chi connectivity index (χ2n) is 4.71. The van der Waals surface area contributed by atoms with E-state index in [-0.39, 0.29) is 18.3 Å². The number of fused-ring (bicyclic) bond motifs is 1. The number of azide groups is 1. The Kier molecular flexibility index (Phi) is 3.29. The maximum Gasteiger partial charge on any atom is 0.186 e. The maximum absolute atomic E-state index is 8.58. The molecule has 0 spiro atoms. The SMILES string of the molecule is CO[C@H]1O[C@H](C)[C@@H](N=[N+]=[N-])[C@@H]2OC(C)(C)O[C@@H]12. The molecule has 2 rings (SSSR count). The first kappa shape index (κ1) is 12.6. The number of rotatable bonds is 2. The first-order chi connectivity index (χ1) is 7.98. The zero-order valence-electron chi connectivity index (χ0n) is 10.4. The second-order valence-corrected chi connectivity index (χ2v) is 4.71. The van der Waals surface area contributed by atoms with Gasteiger partial charge in [-0.25, -0.2) is 0 Å². The quantitative estimate of drug-likeness (QED) is 0.418. The predicted octanol–water partition coefficient (Wildman–Crippen LogP) is 1.58. The van der Waals surface area contributed by atoms with Gasteiger partial charge in [0.15, 0.2) is 12.1 Å². The third kappa shape index (κ3) is 2.25. The lowest BCUT2D eigenvalue weighted by Crippen LogP contribution is -2.54. The summed E-state index contributed by atoms with van der Waals surface area (Å²) in [6.45, 7) is 5.46. The molecule has 0 N–H and O–H groups in total. The Bertz CT molecular complexity index is 342. The maximum atomic E-state index is 8.58. The normalized spacial score (nSPS) is 43.9. The Morgan fingerprint density at radius 3 is 2.53 bits per heavy atom. The van der Waals surface area contributed by atoms with Crippen LogP contribution in [-0.4, -0.2) is 43.5 Å². The van der Waals surface area contributed by atoms with Gasteiger partial charge in [0.05, 0.1) is 12.1 Å². The van der Waals surface area contributed by atoms with Crippen molar-refractivity contribution in [3.8, 4) is 0 Å². The Labute approximate surface area is 99.6 Å². The van der Waals surface area contributed by atoms with Gasteiger partial charge in [-0.3, -0.25) is 0 Å². The van der Waals surface area contributed by atoms with E-state index < -0.39 is 18.1 Å². The Morgan fingerprint density at radius 2 is 1.94 bits per heavy atom. The van der Waals surface area contributed by atoms with Crippen LogP contribution in [0.2, 0.25) is 0 Å². The summed E-state index contributed by atoms with van der Waals surface area (Å²) in [6, 6.07) is -0.404. The minimum absolute atomic E-state index is 0.269. The third-order valence-corrected chi connectivity index (χ3v) is 3.02. The zero-order valence-corrected chi connectivity index (χ0v) is 10.4. The summed E-state index contributed by atoms with van der Waals surface area (Å²) in [5.41, 5.74) is 8.58. The molecule has 0 aromatic heterocycles. The van der Waals surface area contributed by atoms with E-state index in [1.54, 1.807) is 7.11 Å². The second kappa shape index (κ2) is 4.44. The van der Waals surface area contributed by atoms with Gasteiger partial charge in [-0.2, -0.15) is 0 Å². The van der Waals surface area contributed by atoms with Crippen molar-refractivity contribution in [1.82, 2.24) is 0 Å². The molecule has 17 heavy (non-hydrogen) atoms. The van der Waals surface area contributed by atoms with Crippen LogP contribution >= 0.6 is 0 Å². The lowest BCUT2D eigenvalue weighted by molar-refractivity contribution is -0.242. The molecule has 2 saturated heterocycles. The minimum atomic E-state index is -0.719. The highest BCUT2D eigenvalue weighted by Gasteiger charge is 2.54. The largest absolute Gasteiger partial charge is 0.353 e. The smallest absolute Gasteiger partial charge is 0.186 e. The molecular weight excluding hydrogens is 226 g/mol. The molecule has 96 valence electrons. The van der Waals surface area contributed by atoms with Crippen LogP contribution in [0.4, 0.5) is 0 Å². The molecule has 7 heteroatoms. The lowest BCUT2D eigenvalue weighted by Gasteiger charge is -2.38. The van der Waals surface area contributed by atoms with Gasteiger partial charge in [0.25, 0.3) is 0 Å². The number of hydrogen-bond donors (Lipinski definition) is 0. The van der Waals surface area contributed by atoms with Crippen molar-refractivity contribution in [3.63, 3.8) is 0 Å². The van der Waals surface area contributed by atoms with Gasteiger partial charge in [0.1, 0.15) is 12.2 Å². The van der Waals surface area contributed by atoms with Crippen LogP contribution in [0.1, 0.15) is 20.8 Å². The van der Waals surface area contributed by atoms with Crippen LogP contribution in [0.5, 0.6) is 0 Å². The Balaban J connectivity index is 2.26. The van der Waals surface area contributed by atoms with Gasteiger partial charge in [-0.15, -0.1) is 0 Å². The molecule has 0 radical (unpaired) electrons. The van der Waals surface area contributed by atoms with E-state index in [2.05, 4.69) is 10.0 Å². The van der Waals surface area contributed by atoms with Gasteiger partial charge < -0.3 is 18.9 Å². The van der Waals surface area contributed by atoms with Crippen molar-refractivity contribution < 1.29 is 18.9 Å². The van der Waals surface area contributed by atoms with Gasteiger partial charge in [0.2, 0.25) is 0 Å². The van der Waals surface area contributed by atoms with Crippen molar-refractivity contribution in [2.45, 2.75) is 57.2 Å². The fourth-order valence-corrected chi connectivity index (χ4v) is 2.34. The van der Waals surface area contributed by atoms with Crippen LogP contribution in [0.25, 0.3) is 10.4 Å². The molecule has 0 amide bonds. The third-order valence-electron chi connectivity index (χ3n) is 3.02. The first-order valence-corrected chi connectivity index (χ1v) is 5.56. The lowest BCUT2D eigenvalue weighted by atomic mass is 9.98. The standard InChI is InChI=1S/C10H17N3O4/c1-5-6(12-13-11)7-8(9(14-4)15-5)17-10(2,3)16-7/h5-9H,1-4H3/t5-,6-,7+,8-,9+/m1/s1. The monoisotopic (exact) mass is 243 g/mol. The summed E-state index contributed by atoms with van der Waals surface area (Å²) in [6.07, 6.45) is -1.48.